The average Bonchev–Trinajstić information content (AvgIpc) is 2.36. The van der Waals surface area contributed by atoms with Crippen molar-refractivity contribution < 1.29 is 5.11 Å². The van der Waals surface area contributed by atoms with Gasteiger partial charge in [0.05, 0.1) is 6.10 Å². The van der Waals surface area contributed by atoms with Crippen LogP contribution in [-0.4, -0.2) is 11.2 Å². The molecule has 0 aromatic heterocycles. The fourth-order valence-electron chi connectivity index (χ4n) is 1.94. The molecule has 70 valence electrons. The predicted molar refractivity (Wildman–Crippen MR) is 52.0 cm³/mol. The topological polar surface area (TPSA) is 20.2 Å². The zero-order valence-electron chi connectivity index (χ0n) is 8.21. The van der Waals surface area contributed by atoms with E-state index in [-0.39, 0.29) is 6.10 Å². The van der Waals surface area contributed by atoms with Gasteiger partial charge in [-0.05, 0) is 45.4 Å². The van der Waals surface area contributed by atoms with E-state index in [1.165, 1.54) is 24.8 Å². The van der Waals surface area contributed by atoms with Crippen LogP contribution in [0.1, 0.15) is 46.0 Å². The first-order chi connectivity index (χ1) is 5.70. The number of allylic oxidation sites excluding steroid dienone is 2. The lowest BCUT2D eigenvalue weighted by Crippen LogP contribution is -2.12. The monoisotopic (exact) mass is 168 g/mol. The van der Waals surface area contributed by atoms with Crippen LogP contribution in [0.5, 0.6) is 0 Å². The lowest BCUT2D eigenvalue weighted by atomic mass is 9.99. The van der Waals surface area contributed by atoms with Crippen LogP contribution in [0.4, 0.5) is 0 Å². The maximum atomic E-state index is 9.53. The van der Waals surface area contributed by atoms with Crippen LogP contribution in [0.15, 0.2) is 11.6 Å². The van der Waals surface area contributed by atoms with Gasteiger partial charge in [0.15, 0.2) is 0 Å². The summed E-state index contributed by atoms with van der Waals surface area (Å²) in [7, 11) is 0. The molecule has 1 saturated carbocycles. The highest BCUT2D eigenvalue weighted by atomic mass is 16.3. The molecule has 1 nitrogen and oxygen atoms in total. The summed E-state index contributed by atoms with van der Waals surface area (Å²) in [6.07, 6.45) is 8.06. The minimum Gasteiger partial charge on any atom is -0.393 e. The van der Waals surface area contributed by atoms with Gasteiger partial charge in [-0.1, -0.05) is 18.1 Å². The molecule has 0 spiro atoms. The molecule has 0 aromatic rings. The normalized spacial score (nSPS) is 28.9. The highest BCUT2D eigenvalue weighted by Crippen LogP contribution is 2.29. The van der Waals surface area contributed by atoms with Crippen LogP contribution in [0.2, 0.25) is 0 Å². The molecule has 0 unspecified atom stereocenters. The molecule has 0 aliphatic heterocycles. The second kappa shape index (κ2) is 4.66. The molecular weight excluding hydrogens is 148 g/mol. The average molecular weight is 168 g/mol. The van der Waals surface area contributed by atoms with E-state index in [4.69, 9.17) is 0 Å². The van der Waals surface area contributed by atoms with Crippen LogP contribution < -0.4 is 0 Å². The largest absolute Gasteiger partial charge is 0.393 e. The van der Waals surface area contributed by atoms with E-state index in [9.17, 15) is 5.11 Å². The Balaban J connectivity index is 2.18. The van der Waals surface area contributed by atoms with Crippen molar-refractivity contribution in [3.63, 3.8) is 0 Å². The maximum absolute atomic E-state index is 9.53. The predicted octanol–water partition coefficient (Wildman–Crippen LogP) is 2.89. The highest BCUT2D eigenvalue weighted by Gasteiger charge is 2.23. The van der Waals surface area contributed by atoms with Gasteiger partial charge in [-0.15, -0.1) is 0 Å². The summed E-state index contributed by atoms with van der Waals surface area (Å²) in [5, 5.41) is 9.53. The van der Waals surface area contributed by atoms with E-state index in [2.05, 4.69) is 19.9 Å². The van der Waals surface area contributed by atoms with E-state index in [0.717, 1.165) is 12.8 Å². The van der Waals surface area contributed by atoms with Crippen molar-refractivity contribution in [3.05, 3.63) is 11.6 Å². The Kier molecular flexibility index (Phi) is 3.80. The standard InChI is InChI=1S/C11H20O/c1-9(2)5-3-6-10-7-4-8-11(10)12/h5,10-12H,3-4,6-8H2,1-2H3/t10-,11-/m1/s1. The number of aliphatic hydroxyl groups is 1. The SMILES string of the molecule is CC(C)=CCC[C@@H]1CCC[C@H]1O. The molecular formula is C11H20O. The van der Waals surface area contributed by atoms with Gasteiger partial charge in [0, 0.05) is 0 Å². The van der Waals surface area contributed by atoms with Gasteiger partial charge < -0.3 is 5.11 Å². The molecule has 2 atom stereocenters. The van der Waals surface area contributed by atoms with Crippen molar-refractivity contribution in [2.75, 3.05) is 0 Å². The van der Waals surface area contributed by atoms with Crippen LogP contribution in [0.25, 0.3) is 0 Å². The van der Waals surface area contributed by atoms with Crippen molar-refractivity contribution in [2.45, 2.75) is 52.1 Å². The first-order valence-corrected chi connectivity index (χ1v) is 5.01. The summed E-state index contributed by atoms with van der Waals surface area (Å²) < 4.78 is 0. The van der Waals surface area contributed by atoms with Gasteiger partial charge in [0.25, 0.3) is 0 Å². The molecule has 0 saturated heterocycles. The molecule has 0 bridgehead atoms. The van der Waals surface area contributed by atoms with E-state index in [0.29, 0.717) is 5.92 Å². The Morgan fingerprint density at radius 3 is 2.67 bits per heavy atom. The van der Waals surface area contributed by atoms with Gasteiger partial charge in [-0.25, -0.2) is 0 Å². The van der Waals surface area contributed by atoms with Crippen LogP contribution >= 0.6 is 0 Å². The first kappa shape index (κ1) is 9.79. The second-order valence-electron chi connectivity index (χ2n) is 4.12. The quantitative estimate of drug-likeness (QED) is 0.642. The third-order valence-corrected chi connectivity index (χ3v) is 2.71. The molecule has 1 N–H and O–H groups in total. The summed E-state index contributed by atoms with van der Waals surface area (Å²) in [5.74, 6) is 0.584. The molecule has 0 radical (unpaired) electrons. The summed E-state index contributed by atoms with van der Waals surface area (Å²) in [6.45, 7) is 4.26. The zero-order chi connectivity index (χ0) is 8.97. The summed E-state index contributed by atoms with van der Waals surface area (Å²) in [4.78, 5) is 0. The third kappa shape index (κ3) is 2.98. The minimum absolute atomic E-state index is 0.00411. The number of hydrogen-bond donors (Lipinski definition) is 1. The molecule has 1 aliphatic rings. The Hall–Kier alpha value is -0.300. The van der Waals surface area contributed by atoms with Crippen molar-refractivity contribution in [2.24, 2.45) is 5.92 Å². The molecule has 1 aliphatic carbocycles. The van der Waals surface area contributed by atoms with Crippen molar-refractivity contribution in [1.29, 1.82) is 0 Å². The first-order valence-electron chi connectivity index (χ1n) is 5.01. The second-order valence-corrected chi connectivity index (χ2v) is 4.12. The molecule has 1 rings (SSSR count). The molecule has 1 heteroatoms. The summed E-state index contributed by atoms with van der Waals surface area (Å²) in [5.41, 5.74) is 1.39. The molecule has 0 heterocycles. The number of rotatable bonds is 3. The smallest absolute Gasteiger partial charge is 0.0568 e. The van der Waals surface area contributed by atoms with E-state index >= 15 is 0 Å². The van der Waals surface area contributed by atoms with Gasteiger partial charge in [-0.3, -0.25) is 0 Å². The Morgan fingerprint density at radius 2 is 2.17 bits per heavy atom. The summed E-state index contributed by atoms with van der Waals surface area (Å²) in [6, 6.07) is 0. The molecule has 1 fully saturated rings. The lowest BCUT2D eigenvalue weighted by Gasteiger charge is -2.12. The van der Waals surface area contributed by atoms with Crippen molar-refractivity contribution >= 4 is 0 Å². The molecule has 12 heavy (non-hydrogen) atoms. The number of aliphatic hydroxyl groups excluding tert-OH is 1. The molecule has 0 amide bonds. The van der Waals surface area contributed by atoms with E-state index in [1.807, 2.05) is 0 Å². The van der Waals surface area contributed by atoms with Crippen LogP contribution in [0, 0.1) is 5.92 Å². The van der Waals surface area contributed by atoms with Crippen molar-refractivity contribution in [1.82, 2.24) is 0 Å². The van der Waals surface area contributed by atoms with Gasteiger partial charge in [0.2, 0.25) is 0 Å². The fraction of sp³-hybridized carbons (Fsp3) is 0.818. The van der Waals surface area contributed by atoms with Crippen molar-refractivity contribution in [3.8, 4) is 0 Å². The lowest BCUT2D eigenvalue weighted by molar-refractivity contribution is 0.128. The Bertz CT molecular complexity index is 156. The Labute approximate surface area is 75.5 Å². The highest BCUT2D eigenvalue weighted by molar-refractivity contribution is 4.93. The maximum Gasteiger partial charge on any atom is 0.0568 e. The third-order valence-electron chi connectivity index (χ3n) is 2.71. The minimum atomic E-state index is -0.00411. The van der Waals surface area contributed by atoms with E-state index in [1.54, 1.807) is 0 Å². The molecule has 0 aromatic carbocycles. The van der Waals surface area contributed by atoms with Crippen LogP contribution in [-0.2, 0) is 0 Å². The fourth-order valence-corrected chi connectivity index (χ4v) is 1.94. The zero-order valence-corrected chi connectivity index (χ0v) is 8.21. The summed E-state index contributed by atoms with van der Waals surface area (Å²) >= 11 is 0. The van der Waals surface area contributed by atoms with Gasteiger partial charge in [0.1, 0.15) is 0 Å². The van der Waals surface area contributed by atoms with Crippen LogP contribution in [0.3, 0.4) is 0 Å². The van der Waals surface area contributed by atoms with E-state index < -0.39 is 0 Å². The number of hydrogen-bond acceptors (Lipinski definition) is 1. The van der Waals surface area contributed by atoms with Gasteiger partial charge >= 0.3 is 0 Å². The Morgan fingerprint density at radius 1 is 1.42 bits per heavy atom. The van der Waals surface area contributed by atoms with Gasteiger partial charge in [-0.2, -0.15) is 0 Å².